The van der Waals surface area contributed by atoms with Crippen molar-refractivity contribution in [2.24, 2.45) is 0 Å². The summed E-state index contributed by atoms with van der Waals surface area (Å²) in [6.07, 6.45) is 0.353. The van der Waals surface area contributed by atoms with E-state index in [4.69, 9.17) is 0 Å². The molecular formula is C13H14FNO3S. The maximum Gasteiger partial charge on any atom is 0.330 e. The van der Waals surface area contributed by atoms with Crippen molar-refractivity contribution in [2.75, 3.05) is 11.5 Å². The van der Waals surface area contributed by atoms with Gasteiger partial charge in [0.15, 0.2) is 0 Å². The van der Waals surface area contributed by atoms with E-state index >= 15 is 0 Å². The summed E-state index contributed by atoms with van der Waals surface area (Å²) in [5.41, 5.74) is -1.03. The molecule has 1 aliphatic rings. The summed E-state index contributed by atoms with van der Waals surface area (Å²) in [6.45, 7) is 1.56. The monoisotopic (exact) mass is 283 g/mol. The van der Waals surface area contributed by atoms with Gasteiger partial charge in [0.25, 0.3) is 5.91 Å². The lowest BCUT2D eigenvalue weighted by atomic mass is 9.98. The highest BCUT2D eigenvalue weighted by Crippen LogP contribution is 2.28. The number of benzene rings is 1. The Labute approximate surface area is 114 Å². The summed E-state index contributed by atoms with van der Waals surface area (Å²) in [5, 5.41) is 11.7. The van der Waals surface area contributed by atoms with Gasteiger partial charge in [0.1, 0.15) is 11.4 Å². The molecule has 0 radical (unpaired) electrons. The van der Waals surface area contributed by atoms with Gasteiger partial charge in [-0.3, -0.25) is 4.79 Å². The minimum absolute atomic E-state index is 0.113. The third-order valence-corrected chi connectivity index (χ3v) is 4.41. The van der Waals surface area contributed by atoms with E-state index in [0.29, 0.717) is 23.5 Å². The summed E-state index contributed by atoms with van der Waals surface area (Å²) in [5.74, 6) is -1.37. The Balaban J connectivity index is 2.25. The average molecular weight is 283 g/mol. The topological polar surface area (TPSA) is 66.4 Å². The number of rotatable bonds is 3. The summed E-state index contributed by atoms with van der Waals surface area (Å²) >= 11 is 1.46. The van der Waals surface area contributed by atoms with E-state index in [1.54, 1.807) is 19.1 Å². The van der Waals surface area contributed by atoms with Crippen LogP contribution in [0.3, 0.4) is 0 Å². The molecule has 2 rings (SSSR count). The van der Waals surface area contributed by atoms with Crippen molar-refractivity contribution in [2.45, 2.75) is 18.9 Å². The molecule has 1 aliphatic heterocycles. The fraction of sp³-hybridized carbons (Fsp3) is 0.385. The first-order chi connectivity index (χ1) is 8.96. The third-order valence-electron chi connectivity index (χ3n) is 3.22. The molecule has 1 fully saturated rings. The van der Waals surface area contributed by atoms with Crippen LogP contribution >= 0.6 is 11.8 Å². The number of carboxylic acid groups (broad SMARTS) is 1. The summed E-state index contributed by atoms with van der Waals surface area (Å²) in [7, 11) is 0. The lowest BCUT2D eigenvalue weighted by Crippen LogP contribution is -2.54. The Hall–Kier alpha value is -1.56. The summed E-state index contributed by atoms with van der Waals surface area (Å²) in [6, 6.07) is 4.49. The molecular weight excluding hydrogens is 269 g/mol. The molecule has 1 aromatic rings. The van der Waals surface area contributed by atoms with Gasteiger partial charge in [-0.25, -0.2) is 9.18 Å². The molecule has 1 saturated heterocycles. The maximum atomic E-state index is 13.8. The zero-order chi connectivity index (χ0) is 14.0. The van der Waals surface area contributed by atoms with Gasteiger partial charge in [-0.1, -0.05) is 12.1 Å². The molecule has 4 nitrogen and oxygen atoms in total. The Kier molecular flexibility index (Phi) is 3.80. The molecule has 2 N–H and O–H groups in total. The zero-order valence-corrected chi connectivity index (χ0v) is 11.2. The van der Waals surface area contributed by atoms with E-state index in [1.807, 2.05) is 0 Å². The normalized spacial score (nSPS) is 22.2. The summed E-state index contributed by atoms with van der Waals surface area (Å²) in [4.78, 5) is 23.4. The Morgan fingerprint density at radius 3 is 2.79 bits per heavy atom. The highest BCUT2D eigenvalue weighted by Gasteiger charge is 2.43. The first kappa shape index (κ1) is 13.9. The van der Waals surface area contributed by atoms with E-state index in [1.165, 1.54) is 17.8 Å². The van der Waals surface area contributed by atoms with E-state index in [9.17, 15) is 19.1 Å². The van der Waals surface area contributed by atoms with E-state index < -0.39 is 23.2 Å². The number of thioether (sulfide) groups is 1. The van der Waals surface area contributed by atoms with Crippen LogP contribution in [-0.4, -0.2) is 34.0 Å². The molecule has 6 heteroatoms. The van der Waals surface area contributed by atoms with Crippen LogP contribution in [-0.2, 0) is 4.79 Å². The number of hydrogen-bond donors (Lipinski definition) is 2. The molecule has 1 heterocycles. The second-order valence-corrected chi connectivity index (χ2v) is 5.69. The number of carboxylic acids is 1. The largest absolute Gasteiger partial charge is 0.479 e. The van der Waals surface area contributed by atoms with Crippen molar-refractivity contribution in [3.05, 3.63) is 35.1 Å². The van der Waals surface area contributed by atoms with Crippen molar-refractivity contribution in [1.82, 2.24) is 5.32 Å². The maximum absolute atomic E-state index is 13.8. The molecule has 0 spiro atoms. The number of hydrogen-bond acceptors (Lipinski definition) is 3. The second-order valence-electron chi connectivity index (χ2n) is 4.58. The molecule has 19 heavy (non-hydrogen) atoms. The van der Waals surface area contributed by atoms with Crippen LogP contribution in [0.5, 0.6) is 0 Å². The molecule has 0 aliphatic carbocycles. The molecule has 0 aromatic heterocycles. The predicted octanol–water partition coefficient (Wildman–Crippen LogP) is 1.82. The van der Waals surface area contributed by atoms with Crippen molar-refractivity contribution in [3.8, 4) is 0 Å². The number of nitrogens with one attached hydrogen (secondary N) is 1. The van der Waals surface area contributed by atoms with Crippen molar-refractivity contribution in [1.29, 1.82) is 0 Å². The number of aliphatic carboxylic acids is 1. The first-order valence-corrected chi connectivity index (χ1v) is 7.00. The highest BCUT2D eigenvalue weighted by molar-refractivity contribution is 7.99. The van der Waals surface area contributed by atoms with Crippen molar-refractivity contribution in [3.63, 3.8) is 0 Å². The number of amides is 1. The smallest absolute Gasteiger partial charge is 0.330 e. The van der Waals surface area contributed by atoms with Crippen molar-refractivity contribution >= 4 is 23.6 Å². The fourth-order valence-electron chi connectivity index (χ4n) is 1.99. The molecule has 0 saturated carbocycles. The van der Waals surface area contributed by atoms with Gasteiger partial charge >= 0.3 is 5.97 Å². The predicted molar refractivity (Wildman–Crippen MR) is 70.9 cm³/mol. The molecule has 1 aromatic carbocycles. The van der Waals surface area contributed by atoms with Crippen LogP contribution in [0.1, 0.15) is 22.3 Å². The quantitative estimate of drug-likeness (QED) is 0.888. The van der Waals surface area contributed by atoms with Crippen LogP contribution < -0.4 is 5.32 Å². The van der Waals surface area contributed by atoms with Gasteiger partial charge in [0, 0.05) is 5.75 Å². The number of aryl methyl sites for hydroxylation is 1. The summed E-state index contributed by atoms with van der Waals surface area (Å²) < 4.78 is 13.8. The minimum Gasteiger partial charge on any atom is -0.479 e. The molecule has 0 bridgehead atoms. The Morgan fingerprint density at radius 1 is 1.47 bits per heavy atom. The van der Waals surface area contributed by atoms with E-state index in [2.05, 4.69) is 5.32 Å². The van der Waals surface area contributed by atoms with Crippen LogP contribution in [0.4, 0.5) is 4.39 Å². The fourth-order valence-corrected chi connectivity index (χ4v) is 3.32. The first-order valence-electron chi connectivity index (χ1n) is 5.85. The zero-order valence-electron chi connectivity index (χ0n) is 10.4. The van der Waals surface area contributed by atoms with Gasteiger partial charge in [0.2, 0.25) is 0 Å². The average Bonchev–Trinajstić information content (AvgIpc) is 2.82. The molecule has 1 atom stereocenters. The number of carbonyl (C=O) groups excluding carboxylic acids is 1. The van der Waals surface area contributed by atoms with E-state index in [0.717, 1.165) is 0 Å². The van der Waals surface area contributed by atoms with Gasteiger partial charge in [-0.05, 0) is 30.7 Å². The third kappa shape index (κ3) is 2.58. The van der Waals surface area contributed by atoms with Gasteiger partial charge in [0.05, 0.1) is 5.56 Å². The minimum atomic E-state index is -1.28. The lowest BCUT2D eigenvalue weighted by molar-refractivity contribution is -0.143. The standard InChI is InChI=1S/C13H14FNO3S/c1-8-3-2-4-9(10(8)14)11(16)15-13(12(17)18)5-6-19-7-13/h2-4H,5-7H2,1H3,(H,15,16)(H,17,18). The SMILES string of the molecule is Cc1cccc(C(=O)NC2(C(=O)O)CCSC2)c1F. The van der Waals surface area contributed by atoms with Gasteiger partial charge in [-0.2, -0.15) is 11.8 Å². The molecule has 102 valence electrons. The van der Waals surface area contributed by atoms with Crippen LogP contribution in [0.2, 0.25) is 0 Å². The van der Waals surface area contributed by atoms with Crippen LogP contribution in [0, 0.1) is 12.7 Å². The van der Waals surface area contributed by atoms with Crippen LogP contribution in [0.15, 0.2) is 18.2 Å². The van der Waals surface area contributed by atoms with Gasteiger partial charge < -0.3 is 10.4 Å². The van der Waals surface area contributed by atoms with Gasteiger partial charge in [-0.15, -0.1) is 0 Å². The van der Waals surface area contributed by atoms with E-state index in [-0.39, 0.29) is 5.56 Å². The number of carbonyl (C=O) groups is 2. The molecule has 1 amide bonds. The lowest BCUT2D eigenvalue weighted by Gasteiger charge is -2.24. The van der Waals surface area contributed by atoms with Crippen LogP contribution in [0.25, 0.3) is 0 Å². The number of halogens is 1. The Morgan fingerprint density at radius 2 is 2.21 bits per heavy atom. The van der Waals surface area contributed by atoms with Crippen molar-refractivity contribution < 1.29 is 19.1 Å². The highest BCUT2D eigenvalue weighted by atomic mass is 32.2. The second kappa shape index (κ2) is 5.21. The Bertz CT molecular complexity index is 527. The molecule has 1 unspecified atom stereocenters.